The highest BCUT2D eigenvalue weighted by Crippen LogP contribution is 2.30. The van der Waals surface area contributed by atoms with E-state index in [1.54, 1.807) is 0 Å². The van der Waals surface area contributed by atoms with Crippen LogP contribution in [-0.4, -0.2) is 23.1 Å². The minimum atomic E-state index is -0.430. The Kier molecular flexibility index (Phi) is 5.51. The van der Waals surface area contributed by atoms with Crippen LogP contribution in [0.4, 0.5) is 5.82 Å². The SMILES string of the molecule is CCNc1cc(C(C)(C)C)nc(C(C)(CC)OCC)n1. The molecule has 1 aromatic rings. The van der Waals surface area contributed by atoms with E-state index in [0.29, 0.717) is 6.61 Å². The first-order chi connectivity index (χ1) is 9.26. The molecule has 1 heterocycles. The van der Waals surface area contributed by atoms with Crippen LogP contribution in [0, 0.1) is 0 Å². The maximum absolute atomic E-state index is 5.91. The van der Waals surface area contributed by atoms with Crippen molar-refractivity contribution in [3.05, 3.63) is 17.6 Å². The van der Waals surface area contributed by atoms with Crippen molar-refractivity contribution in [1.82, 2.24) is 9.97 Å². The molecule has 114 valence electrons. The van der Waals surface area contributed by atoms with Crippen LogP contribution in [0.25, 0.3) is 0 Å². The Labute approximate surface area is 123 Å². The second-order valence-electron chi connectivity index (χ2n) is 6.26. The van der Waals surface area contributed by atoms with Gasteiger partial charge in [0.05, 0.1) is 5.69 Å². The van der Waals surface area contributed by atoms with Crippen molar-refractivity contribution in [2.45, 2.75) is 65.9 Å². The van der Waals surface area contributed by atoms with Gasteiger partial charge in [-0.25, -0.2) is 9.97 Å². The van der Waals surface area contributed by atoms with E-state index in [2.05, 4.69) is 51.8 Å². The summed E-state index contributed by atoms with van der Waals surface area (Å²) in [6, 6.07) is 2.04. The molecule has 0 saturated heterocycles. The molecular weight excluding hydrogens is 250 g/mol. The molecule has 0 saturated carbocycles. The van der Waals surface area contributed by atoms with Gasteiger partial charge < -0.3 is 10.1 Å². The first-order valence-electron chi connectivity index (χ1n) is 7.54. The lowest BCUT2D eigenvalue weighted by atomic mass is 9.91. The molecule has 0 aliphatic carbocycles. The Hall–Kier alpha value is -1.16. The smallest absolute Gasteiger partial charge is 0.162 e. The van der Waals surface area contributed by atoms with E-state index in [0.717, 1.165) is 30.3 Å². The van der Waals surface area contributed by atoms with Crippen molar-refractivity contribution >= 4 is 5.82 Å². The number of ether oxygens (including phenoxy) is 1. The van der Waals surface area contributed by atoms with Crippen molar-refractivity contribution in [2.75, 3.05) is 18.5 Å². The Morgan fingerprint density at radius 2 is 1.75 bits per heavy atom. The third-order valence-corrected chi connectivity index (χ3v) is 3.46. The number of anilines is 1. The minimum Gasteiger partial charge on any atom is -0.370 e. The van der Waals surface area contributed by atoms with Gasteiger partial charge >= 0.3 is 0 Å². The molecule has 0 aliphatic rings. The van der Waals surface area contributed by atoms with Gasteiger partial charge in [-0.2, -0.15) is 0 Å². The number of nitrogens with zero attached hydrogens (tertiary/aromatic N) is 2. The molecule has 4 heteroatoms. The molecule has 20 heavy (non-hydrogen) atoms. The summed E-state index contributed by atoms with van der Waals surface area (Å²) in [5.41, 5.74) is 0.598. The fourth-order valence-electron chi connectivity index (χ4n) is 1.98. The van der Waals surface area contributed by atoms with E-state index in [1.165, 1.54) is 0 Å². The fourth-order valence-corrected chi connectivity index (χ4v) is 1.98. The van der Waals surface area contributed by atoms with Gasteiger partial charge in [-0.05, 0) is 27.2 Å². The van der Waals surface area contributed by atoms with Gasteiger partial charge in [-0.1, -0.05) is 27.7 Å². The summed E-state index contributed by atoms with van der Waals surface area (Å²) in [5.74, 6) is 1.65. The maximum Gasteiger partial charge on any atom is 0.162 e. The second kappa shape index (κ2) is 6.53. The van der Waals surface area contributed by atoms with Gasteiger partial charge in [0, 0.05) is 24.6 Å². The average molecular weight is 279 g/mol. The number of hydrogen-bond acceptors (Lipinski definition) is 4. The molecule has 1 N–H and O–H groups in total. The third kappa shape index (κ3) is 3.92. The molecule has 1 rings (SSSR count). The van der Waals surface area contributed by atoms with Crippen molar-refractivity contribution in [3.63, 3.8) is 0 Å². The zero-order chi connectivity index (χ0) is 15.4. The van der Waals surface area contributed by atoms with Crippen molar-refractivity contribution in [1.29, 1.82) is 0 Å². The summed E-state index contributed by atoms with van der Waals surface area (Å²) >= 11 is 0. The summed E-state index contributed by atoms with van der Waals surface area (Å²) in [6.07, 6.45) is 0.847. The molecule has 0 spiro atoms. The normalized spacial score (nSPS) is 14.9. The maximum atomic E-state index is 5.91. The molecule has 0 amide bonds. The van der Waals surface area contributed by atoms with Crippen LogP contribution < -0.4 is 5.32 Å². The zero-order valence-corrected chi connectivity index (χ0v) is 14.0. The highest BCUT2D eigenvalue weighted by Gasteiger charge is 2.30. The number of rotatable bonds is 6. The van der Waals surface area contributed by atoms with Crippen LogP contribution in [-0.2, 0) is 15.8 Å². The van der Waals surface area contributed by atoms with Crippen molar-refractivity contribution < 1.29 is 4.74 Å². The second-order valence-corrected chi connectivity index (χ2v) is 6.26. The summed E-state index contributed by atoms with van der Waals surface area (Å²) < 4.78 is 5.91. The lowest BCUT2D eigenvalue weighted by molar-refractivity contribution is -0.0391. The number of aromatic nitrogens is 2. The van der Waals surface area contributed by atoms with Crippen LogP contribution in [0.2, 0.25) is 0 Å². The molecule has 0 bridgehead atoms. The van der Waals surface area contributed by atoms with Crippen LogP contribution in [0.5, 0.6) is 0 Å². The molecule has 1 aromatic heterocycles. The molecule has 0 radical (unpaired) electrons. The number of nitrogens with one attached hydrogen (secondary N) is 1. The standard InChI is InChI=1S/C16H29N3O/c1-8-16(7,20-10-3)14-18-12(15(4,5)6)11-13(19-14)17-9-2/h11H,8-10H2,1-7H3,(H,17,18,19). The van der Waals surface area contributed by atoms with E-state index >= 15 is 0 Å². The molecule has 1 atom stereocenters. The summed E-state index contributed by atoms with van der Waals surface area (Å²) in [6.45, 7) is 16.2. The van der Waals surface area contributed by atoms with Crippen LogP contribution in [0.15, 0.2) is 6.07 Å². The molecular formula is C16H29N3O. The van der Waals surface area contributed by atoms with Crippen LogP contribution >= 0.6 is 0 Å². The van der Waals surface area contributed by atoms with E-state index < -0.39 is 5.60 Å². The topological polar surface area (TPSA) is 47.0 Å². The molecule has 0 aromatic carbocycles. The van der Waals surface area contributed by atoms with E-state index in [-0.39, 0.29) is 5.41 Å². The predicted molar refractivity (Wildman–Crippen MR) is 84.2 cm³/mol. The van der Waals surface area contributed by atoms with Crippen LogP contribution in [0.3, 0.4) is 0 Å². The van der Waals surface area contributed by atoms with Gasteiger partial charge in [0.1, 0.15) is 11.4 Å². The highest BCUT2D eigenvalue weighted by molar-refractivity contribution is 5.38. The summed E-state index contributed by atoms with van der Waals surface area (Å²) in [4.78, 5) is 9.42. The quantitative estimate of drug-likeness (QED) is 0.858. The molecule has 0 fully saturated rings. The minimum absolute atomic E-state index is 0.0112. The lowest BCUT2D eigenvalue weighted by Gasteiger charge is -2.29. The first kappa shape index (κ1) is 16.9. The van der Waals surface area contributed by atoms with Crippen molar-refractivity contribution in [3.8, 4) is 0 Å². The largest absolute Gasteiger partial charge is 0.370 e. The zero-order valence-electron chi connectivity index (χ0n) is 14.0. The van der Waals surface area contributed by atoms with E-state index in [1.807, 2.05) is 13.0 Å². The van der Waals surface area contributed by atoms with Gasteiger partial charge in [-0.3, -0.25) is 0 Å². The molecule has 1 unspecified atom stereocenters. The summed E-state index contributed by atoms with van der Waals surface area (Å²) in [5, 5.41) is 3.29. The average Bonchev–Trinajstić information content (AvgIpc) is 2.38. The lowest BCUT2D eigenvalue weighted by Crippen LogP contribution is -2.30. The fraction of sp³-hybridized carbons (Fsp3) is 0.750. The Morgan fingerprint density at radius 3 is 2.20 bits per heavy atom. The van der Waals surface area contributed by atoms with Gasteiger partial charge in [0.2, 0.25) is 0 Å². The van der Waals surface area contributed by atoms with Gasteiger partial charge in [0.25, 0.3) is 0 Å². The Balaban J connectivity index is 3.34. The summed E-state index contributed by atoms with van der Waals surface area (Å²) in [7, 11) is 0. The number of hydrogen-bond donors (Lipinski definition) is 1. The first-order valence-corrected chi connectivity index (χ1v) is 7.54. The highest BCUT2D eigenvalue weighted by atomic mass is 16.5. The van der Waals surface area contributed by atoms with Crippen molar-refractivity contribution in [2.24, 2.45) is 0 Å². The molecule has 0 aliphatic heterocycles. The van der Waals surface area contributed by atoms with Gasteiger partial charge in [0.15, 0.2) is 5.82 Å². The van der Waals surface area contributed by atoms with E-state index in [9.17, 15) is 0 Å². The van der Waals surface area contributed by atoms with Crippen LogP contribution in [0.1, 0.15) is 66.4 Å². The van der Waals surface area contributed by atoms with E-state index in [4.69, 9.17) is 9.72 Å². The van der Waals surface area contributed by atoms with Gasteiger partial charge in [-0.15, -0.1) is 0 Å². The predicted octanol–water partition coefficient (Wildman–Crippen LogP) is 3.87. The Bertz CT molecular complexity index is 440. The Morgan fingerprint density at radius 1 is 1.10 bits per heavy atom. The molecule has 4 nitrogen and oxygen atoms in total. The monoisotopic (exact) mass is 279 g/mol. The third-order valence-electron chi connectivity index (χ3n) is 3.46.